The van der Waals surface area contributed by atoms with Gasteiger partial charge in [-0.05, 0) is 61.8 Å². The second kappa shape index (κ2) is 7.93. The summed E-state index contributed by atoms with van der Waals surface area (Å²) in [5.41, 5.74) is 3.71. The third-order valence-corrected chi connectivity index (χ3v) is 6.26. The number of methoxy groups -OCH3 is 2. The number of nitrogens with zero attached hydrogens (tertiary/aromatic N) is 2. The lowest BCUT2D eigenvalue weighted by Gasteiger charge is -2.41. The van der Waals surface area contributed by atoms with Crippen LogP contribution in [0, 0.1) is 0 Å². The number of allylic oxidation sites excluding steroid dienone is 1. The number of likely N-dealkylation sites (tertiary alicyclic amines) is 1. The summed E-state index contributed by atoms with van der Waals surface area (Å²) < 4.78 is 10.9. The third kappa shape index (κ3) is 3.70. The second-order valence-electron chi connectivity index (χ2n) is 7.87. The van der Waals surface area contributed by atoms with Crippen molar-refractivity contribution >= 4 is 5.91 Å². The van der Waals surface area contributed by atoms with Crippen LogP contribution in [0.4, 0.5) is 0 Å². The van der Waals surface area contributed by atoms with Crippen LogP contribution in [-0.4, -0.2) is 55.6 Å². The summed E-state index contributed by atoms with van der Waals surface area (Å²) in [4.78, 5) is 17.4. The maximum absolute atomic E-state index is 12.8. The summed E-state index contributed by atoms with van der Waals surface area (Å²) in [6.07, 6.45) is 8.58. The van der Waals surface area contributed by atoms with Gasteiger partial charge >= 0.3 is 0 Å². The Morgan fingerprint density at radius 1 is 1.04 bits per heavy atom. The van der Waals surface area contributed by atoms with E-state index in [2.05, 4.69) is 28.0 Å². The van der Waals surface area contributed by atoms with Crippen molar-refractivity contribution in [2.24, 2.45) is 0 Å². The predicted octanol–water partition coefficient (Wildman–Crippen LogP) is 3.16. The molecule has 146 valence electrons. The zero-order chi connectivity index (χ0) is 18.8. The minimum atomic E-state index is 0.279. The van der Waals surface area contributed by atoms with Crippen molar-refractivity contribution in [3.8, 4) is 11.5 Å². The van der Waals surface area contributed by atoms with Gasteiger partial charge in [-0.2, -0.15) is 0 Å². The molecule has 2 heterocycles. The van der Waals surface area contributed by atoms with Crippen molar-refractivity contribution in [2.75, 3.05) is 33.9 Å². The molecule has 27 heavy (non-hydrogen) atoms. The van der Waals surface area contributed by atoms with Crippen molar-refractivity contribution in [1.29, 1.82) is 0 Å². The molecule has 5 nitrogen and oxygen atoms in total. The van der Waals surface area contributed by atoms with Gasteiger partial charge < -0.3 is 14.4 Å². The van der Waals surface area contributed by atoms with Crippen LogP contribution in [0.25, 0.3) is 0 Å². The maximum Gasteiger partial charge on any atom is 0.249 e. The number of benzene rings is 1. The number of hydrogen-bond donors (Lipinski definition) is 0. The normalized spacial score (nSPS) is 23.0. The number of carbonyl (C=O) groups excluding carboxylic acids is 1. The van der Waals surface area contributed by atoms with E-state index in [-0.39, 0.29) is 5.91 Å². The Bertz CT molecular complexity index is 743. The van der Waals surface area contributed by atoms with Crippen LogP contribution in [0.5, 0.6) is 11.5 Å². The summed E-state index contributed by atoms with van der Waals surface area (Å²) in [5, 5.41) is 0. The number of carbonyl (C=O) groups is 1. The number of amides is 1. The van der Waals surface area contributed by atoms with Crippen LogP contribution in [0.1, 0.15) is 43.2 Å². The Labute approximate surface area is 161 Å². The Morgan fingerprint density at radius 3 is 2.52 bits per heavy atom. The molecule has 1 fully saturated rings. The van der Waals surface area contributed by atoms with Crippen molar-refractivity contribution in [3.63, 3.8) is 0 Å². The van der Waals surface area contributed by atoms with Gasteiger partial charge in [-0.3, -0.25) is 9.69 Å². The number of fused-ring (bicyclic) bond motifs is 1. The fourth-order valence-corrected chi connectivity index (χ4v) is 4.72. The number of piperidine rings is 1. The van der Waals surface area contributed by atoms with Gasteiger partial charge in [0, 0.05) is 37.8 Å². The van der Waals surface area contributed by atoms with Gasteiger partial charge in [0.1, 0.15) is 0 Å². The standard InChI is InChI=1S/C22H30N2O3/c1-26-20-12-17-9-11-23(14-18(17)13-21(20)27-2)19-8-5-10-24(15-19)22(25)16-6-3-4-7-16/h6,12-13,19H,3-5,7-11,14-15H2,1-2H3. The Kier molecular flexibility index (Phi) is 5.39. The van der Waals surface area contributed by atoms with Crippen LogP contribution in [-0.2, 0) is 17.8 Å². The summed E-state index contributed by atoms with van der Waals surface area (Å²) >= 11 is 0. The minimum absolute atomic E-state index is 0.279. The largest absolute Gasteiger partial charge is 0.493 e. The molecule has 1 amide bonds. The molecule has 2 aliphatic heterocycles. The van der Waals surface area contributed by atoms with Crippen LogP contribution >= 0.6 is 0 Å². The smallest absolute Gasteiger partial charge is 0.249 e. The van der Waals surface area contributed by atoms with Gasteiger partial charge in [0.25, 0.3) is 0 Å². The molecule has 5 heteroatoms. The van der Waals surface area contributed by atoms with Gasteiger partial charge in [-0.15, -0.1) is 0 Å². The molecule has 0 saturated carbocycles. The highest BCUT2D eigenvalue weighted by Crippen LogP contribution is 2.34. The van der Waals surface area contributed by atoms with Gasteiger partial charge in [-0.1, -0.05) is 6.08 Å². The SMILES string of the molecule is COc1cc2c(cc1OC)CN(C1CCCN(C(=O)C3=CCCC3)C1)CC2. The van der Waals surface area contributed by atoms with Gasteiger partial charge in [0.15, 0.2) is 11.5 Å². The van der Waals surface area contributed by atoms with Crippen molar-refractivity contribution < 1.29 is 14.3 Å². The van der Waals surface area contributed by atoms with E-state index >= 15 is 0 Å². The molecule has 1 aliphatic carbocycles. The monoisotopic (exact) mass is 370 g/mol. The average Bonchev–Trinajstić information content (AvgIpc) is 3.26. The molecule has 0 bridgehead atoms. The van der Waals surface area contributed by atoms with Gasteiger partial charge in [-0.25, -0.2) is 0 Å². The summed E-state index contributed by atoms with van der Waals surface area (Å²) in [5.74, 6) is 1.89. The predicted molar refractivity (Wildman–Crippen MR) is 105 cm³/mol. The van der Waals surface area contributed by atoms with Crippen LogP contribution < -0.4 is 9.47 Å². The lowest BCUT2D eigenvalue weighted by Crippen LogP contribution is -2.51. The zero-order valence-electron chi connectivity index (χ0n) is 16.5. The van der Waals surface area contributed by atoms with Crippen molar-refractivity contribution in [1.82, 2.24) is 9.80 Å². The molecular formula is C22H30N2O3. The molecule has 0 aromatic heterocycles. The van der Waals surface area contributed by atoms with E-state index in [1.807, 2.05) is 0 Å². The van der Waals surface area contributed by atoms with E-state index in [1.165, 1.54) is 17.5 Å². The molecule has 1 unspecified atom stereocenters. The van der Waals surface area contributed by atoms with E-state index < -0.39 is 0 Å². The van der Waals surface area contributed by atoms with Crippen molar-refractivity contribution in [3.05, 3.63) is 34.9 Å². The lowest BCUT2D eigenvalue weighted by molar-refractivity contribution is -0.129. The molecule has 1 aromatic rings. The molecule has 0 radical (unpaired) electrons. The van der Waals surface area contributed by atoms with E-state index in [4.69, 9.17) is 9.47 Å². The highest BCUT2D eigenvalue weighted by atomic mass is 16.5. The number of rotatable bonds is 4. The first-order valence-electron chi connectivity index (χ1n) is 10.2. The highest BCUT2D eigenvalue weighted by Gasteiger charge is 2.31. The summed E-state index contributed by atoms with van der Waals surface area (Å²) in [6.45, 7) is 3.73. The van der Waals surface area contributed by atoms with E-state index in [1.54, 1.807) is 14.2 Å². The molecule has 1 saturated heterocycles. The molecule has 3 aliphatic rings. The summed E-state index contributed by atoms with van der Waals surface area (Å²) in [6, 6.07) is 4.69. The second-order valence-corrected chi connectivity index (χ2v) is 7.87. The molecule has 0 N–H and O–H groups in total. The zero-order valence-corrected chi connectivity index (χ0v) is 16.5. The Hall–Kier alpha value is -2.01. The molecule has 1 atom stereocenters. The molecular weight excluding hydrogens is 340 g/mol. The van der Waals surface area contributed by atoms with Crippen LogP contribution in [0.2, 0.25) is 0 Å². The van der Waals surface area contributed by atoms with E-state index in [9.17, 15) is 4.79 Å². The Balaban J connectivity index is 1.46. The first kappa shape index (κ1) is 18.4. The average molecular weight is 370 g/mol. The number of ether oxygens (including phenoxy) is 2. The minimum Gasteiger partial charge on any atom is -0.493 e. The lowest BCUT2D eigenvalue weighted by atomic mass is 9.95. The fraction of sp³-hybridized carbons (Fsp3) is 0.591. The quantitative estimate of drug-likeness (QED) is 0.816. The molecule has 0 spiro atoms. The first-order valence-corrected chi connectivity index (χ1v) is 10.2. The van der Waals surface area contributed by atoms with Gasteiger partial charge in [0.2, 0.25) is 5.91 Å². The van der Waals surface area contributed by atoms with E-state index in [0.717, 1.165) is 75.4 Å². The molecule has 1 aromatic carbocycles. The van der Waals surface area contributed by atoms with Crippen LogP contribution in [0.3, 0.4) is 0 Å². The summed E-state index contributed by atoms with van der Waals surface area (Å²) in [7, 11) is 3.37. The maximum atomic E-state index is 12.8. The van der Waals surface area contributed by atoms with E-state index in [0.29, 0.717) is 6.04 Å². The Morgan fingerprint density at radius 2 is 1.81 bits per heavy atom. The van der Waals surface area contributed by atoms with Crippen LogP contribution in [0.15, 0.2) is 23.8 Å². The highest BCUT2D eigenvalue weighted by molar-refractivity contribution is 5.93. The molecule has 4 rings (SSSR count). The topological polar surface area (TPSA) is 42.0 Å². The van der Waals surface area contributed by atoms with Gasteiger partial charge in [0.05, 0.1) is 14.2 Å². The number of hydrogen-bond acceptors (Lipinski definition) is 4. The third-order valence-electron chi connectivity index (χ3n) is 6.26. The fourth-order valence-electron chi connectivity index (χ4n) is 4.72. The first-order chi connectivity index (χ1) is 13.2. The van der Waals surface area contributed by atoms with Crippen molar-refractivity contribution in [2.45, 2.75) is 51.1 Å².